The fourth-order valence-electron chi connectivity index (χ4n) is 3.30. The number of hydrogen-bond donors (Lipinski definition) is 1. The summed E-state index contributed by atoms with van der Waals surface area (Å²) in [7, 11) is 3.19. The average Bonchev–Trinajstić information content (AvgIpc) is 2.81. The van der Waals surface area contributed by atoms with Crippen molar-refractivity contribution in [2.75, 3.05) is 7.05 Å². The molecule has 3 aromatic carbocycles. The molecule has 0 fully saturated rings. The van der Waals surface area contributed by atoms with Gasteiger partial charge in [0.1, 0.15) is 17.2 Å². The molecule has 0 unspecified atom stereocenters. The average molecular weight is 411 g/mol. The van der Waals surface area contributed by atoms with Crippen molar-refractivity contribution in [1.29, 1.82) is 0 Å². The maximum atomic E-state index is 12.4. The third kappa shape index (κ3) is 4.23. The van der Waals surface area contributed by atoms with E-state index in [9.17, 15) is 9.59 Å². The van der Waals surface area contributed by atoms with Crippen LogP contribution in [0.1, 0.15) is 10.4 Å². The van der Waals surface area contributed by atoms with Gasteiger partial charge >= 0.3 is 0 Å². The molecule has 0 saturated carbocycles. The van der Waals surface area contributed by atoms with Crippen molar-refractivity contribution in [2.24, 2.45) is 7.05 Å². The van der Waals surface area contributed by atoms with Crippen LogP contribution in [0.25, 0.3) is 22.4 Å². The molecule has 4 rings (SSSR count). The van der Waals surface area contributed by atoms with Gasteiger partial charge in [-0.3, -0.25) is 9.59 Å². The van der Waals surface area contributed by atoms with Gasteiger partial charge in [0.25, 0.3) is 11.5 Å². The predicted molar refractivity (Wildman–Crippen MR) is 120 cm³/mol. The summed E-state index contributed by atoms with van der Waals surface area (Å²) < 4.78 is 7.41. The van der Waals surface area contributed by atoms with E-state index in [0.29, 0.717) is 28.3 Å². The Morgan fingerprint density at radius 1 is 0.903 bits per heavy atom. The fraction of sp³-hybridized carbons (Fsp3) is 0.0800. The van der Waals surface area contributed by atoms with Crippen LogP contribution in [-0.2, 0) is 7.05 Å². The number of aromatic nitrogens is 2. The topological polar surface area (TPSA) is 73.2 Å². The first kappa shape index (κ1) is 20.1. The number of ether oxygens (including phenoxy) is 1. The second-order valence-corrected chi connectivity index (χ2v) is 6.94. The molecule has 0 atom stereocenters. The van der Waals surface area contributed by atoms with Gasteiger partial charge in [-0.05, 0) is 42.0 Å². The zero-order valence-corrected chi connectivity index (χ0v) is 17.2. The van der Waals surface area contributed by atoms with Crippen molar-refractivity contribution in [3.8, 4) is 33.9 Å². The summed E-state index contributed by atoms with van der Waals surface area (Å²) in [6.45, 7) is 0. The number of benzene rings is 3. The summed E-state index contributed by atoms with van der Waals surface area (Å²) in [5.41, 5.74) is 2.92. The molecule has 0 radical (unpaired) electrons. The van der Waals surface area contributed by atoms with Crippen LogP contribution in [-0.4, -0.2) is 22.7 Å². The van der Waals surface area contributed by atoms with Gasteiger partial charge in [0.05, 0.1) is 0 Å². The van der Waals surface area contributed by atoms with Crippen LogP contribution in [0.2, 0.25) is 0 Å². The summed E-state index contributed by atoms with van der Waals surface area (Å²) >= 11 is 0. The number of rotatable bonds is 5. The van der Waals surface area contributed by atoms with E-state index in [1.54, 1.807) is 32.3 Å². The Kier molecular flexibility index (Phi) is 5.62. The van der Waals surface area contributed by atoms with Crippen LogP contribution in [0.4, 0.5) is 0 Å². The molecular weight excluding hydrogens is 390 g/mol. The van der Waals surface area contributed by atoms with Crippen molar-refractivity contribution in [3.05, 3.63) is 101 Å². The molecule has 0 saturated heterocycles. The van der Waals surface area contributed by atoms with Gasteiger partial charge < -0.3 is 10.1 Å². The third-order valence-electron chi connectivity index (χ3n) is 4.87. The Hall–Kier alpha value is -4.19. The monoisotopic (exact) mass is 411 g/mol. The zero-order valence-electron chi connectivity index (χ0n) is 17.2. The number of hydrogen-bond acceptors (Lipinski definition) is 4. The second kappa shape index (κ2) is 8.67. The minimum atomic E-state index is -0.245. The lowest BCUT2D eigenvalue weighted by Crippen LogP contribution is -2.20. The number of nitrogens with zero attached hydrogens (tertiary/aromatic N) is 2. The van der Waals surface area contributed by atoms with E-state index in [-0.39, 0.29) is 11.5 Å². The molecule has 6 nitrogen and oxygen atoms in total. The van der Waals surface area contributed by atoms with Crippen molar-refractivity contribution < 1.29 is 9.53 Å². The quantitative estimate of drug-likeness (QED) is 0.532. The second-order valence-electron chi connectivity index (χ2n) is 6.94. The fourth-order valence-corrected chi connectivity index (χ4v) is 3.30. The molecule has 0 aliphatic carbocycles. The van der Waals surface area contributed by atoms with Crippen LogP contribution < -0.4 is 15.6 Å². The Labute approximate surface area is 179 Å². The molecule has 154 valence electrons. The van der Waals surface area contributed by atoms with E-state index in [1.807, 2.05) is 60.7 Å². The molecule has 31 heavy (non-hydrogen) atoms. The van der Waals surface area contributed by atoms with Crippen molar-refractivity contribution >= 4 is 5.91 Å². The first-order valence-electron chi connectivity index (χ1n) is 9.80. The lowest BCUT2D eigenvalue weighted by atomic mass is 9.98. The Balaban J connectivity index is 1.89. The maximum Gasteiger partial charge on any atom is 0.267 e. The van der Waals surface area contributed by atoms with Gasteiger partial charge in [0, 0.05) is 36.9 Å². The first-order valence-corrected chi connectivity index (χ1v) is 9.80. The van der Waals surface area contributed by atoms with Gasteiger partial charge in [-0.1, -0.05) is 42.5 Å². The van der Waals surface area contributed by atoms with Gasteiger partial charge in [-0.2, -0.15) is 5.10 Å². The molecule has 0 spiro atoms. The van der Waals surface area contributed by atoms with Crippen molar-refractivity contribution in [3.63, 3.8) is 0 Å². The van der Waals surface area contributed by atoms with Gasteiger partial charge in [-0.25, -0.2) is 4.68 Å². The smallest absolute Gasteiger partial charge is 0.267 e. The highest BCUT2D eigenvalue weighted by Crippen LogP contribution is 2.37. The summed E-state index contributed by atoms with van der Waals surface area (Å²) in [6, 6.07) is 25.7. The summed E-state index contributed by atoms with van der Waals surface area (Å²) in [4.78, 5) is 24.6. The number of nitrogens with one attached hydrogen (secondary N) is 1. The largest absolute Gasteiger partial charge is 0.457 e. The lowest BCUT2D eigenvalue weighted by Gasteiger charge is -2.15. The minimum absolute atomic E-state index is 0.201. The zero-order chi connectivity index (χ0) is 21.8. The molecule has 1 aromatic heterocycles. The number of aryl methyl sites for hydroxylation is 1. The number of carbonyl (C=O) groups excluding carboxylic acids is 1. The van der Waals surface area contributed by atoms with Crippen molar-refractivity contribution in [2.45, 2.75) is 0 Å². The third-order valence-corrected chi connectivity index (χ3v) is 4.87. The Morgan fingerprint density at radius 2 is 1.65 bits per heavy atom. The maximum absolute atomic E-state index is 12.4. The Bertz CT molecular complexity index is 1300. The highest BCUT2D eigenvalue weighted by molar-refractivity contribution is 5.96. The molecule has 1 heterocycles. The van der Waals surface area contributed by atoms with E-state index >= 15 is 0 Å². The SMILES string of the molecule is CNC(=O)c1cccc(-c2cc(=O)n(C)nc2-c2ccccc2Oc2ccccc2)c1. The normalized spacial score (nSPS) is 10.5. The molecule has 1 amide bonds. The van der Waals surface area contributed by atoms with E-state index in [4.69, 9.17) is 4.74 Å². The molecule has 0 aliphatic heterocycles. The van der Waals surface area contributed by atoms with Crippen molar-refractivity contribution in [1.82, 2.24) is 15.1 Å². The van der Waals surface area contributed by atoms with Gasteiger partial charge in [0.15, 0.2) is 0 Å². The van der Waals surface area contributed by atoms with Gasteiger partial charge in [0.2, 0.25) is 0 Å². The molecular formula is C25H21N3O3. The van der Waals surface area contributed by atoms with E-state index in [0.717, 1.165) is 11.1 Å². The number of carbonyl (C=O) groups is 1. The summed E-state index contributed by atoms with van der Waals surface area (Å²) in [6.07, 6.45) is 0. The van der Waals surface area contributed by atoms with E-state index in [2.05, 4.69) is 10.4 Å². The van der Waals surface area contributed by atoms with Crippen LogP contribution in [0.15, 0.2) is 89.7 Å². The molecule has 6 heteroatoms. The highest BCUT2D eigenvalue weighted by atomic mass is 16.5. The summed E-state index contributed by atoms with van der Waals surface area (Å²) in [5.74, 6) is 1.11. The van der Waals surface area contributed by atoms with E-state index in [1.165, 1.54) is 10.7 Å². The highest BCUT2D eigenvalue weighted by Gasteiger charge is 2.17. The minimum Gasteiger partial charge on any atom is -0.457 e. The molecule has 0 bridgehead atoms. The molecule has 0 aliphatic rings. The molecule has 4 aromatic rings. The predicted octanol–water partition coefficient (Wildman–Crippen LogP) is 4.27. The van der Waals surface area contributed by atoms with Crippen LogP contribution in [0.5, 0.6) is 11.5 Å². The Morgan fingerprint density at radius 3 is 2.42 bits per heavy atom. The molecule has 1 N–H and O–H groups in total. The lowest BCUT2D eigenvalue weighted by molar-refractivity contribution is 0.0963. The van der Waals surface area contributed by atoms with Gasteiger partial charge in [-0.15, -0.1) is 0 Å². The number of amides is 1. The standard InChI is InChI=1S/C25H21N3O3/c1-26-25(30)18-10-8-9-17(15-18)21-16-23(29)28(2)27-24(21)20-13-6-7-14-22(20)31-19-11-4-3-5-12-19/h3-16H,1-2H3,(H,26,30). The number of para-hydroxylation sites is 2. The van der Waals surface area contributed by atoms with Crippen LogP contribution >= 0.6 is 0 Å². The van der Waals surface area contributed by atoms with E-state index < -0.39 is 0 Å². The first-order chi connectivity index (χ1) is 15.1. The van der Waals surface area contributed by atoms with Crippen LogP contribution in [0, 0.1) is 0 Å². The van der Waals surface area contributed by atoms with Crippen LogP contribution in [0.3, 0.4) is 0 Å². The summed E-state index contributed by atoms with van der Waals surface area (Å²) in [5, 5.41) is 7.16.